The summed E-state index contributed by atoms with van der Waals surface area (Å²) >= 11 is 0. The number of hydrogen-bond donors (Lipinski definition) is 1. The van der Waals surface area contributed by atoms with Crippen LogP contribution < -0.4 is 4.74 Å². The molecule has 0 bridgehead atoms. The van der Waals surface area contributed by atoms with Gasteiger partial charge in [0.05, 0.1) is 0 Å². The van der Waals surface area contributed by atoms with Crippen LogP contribution in [0.4, 0.5) is 4.79 Å². The first kappa shape index (κ1) is 11.8. The first-order valence-electron chi connectivity index (χ1n) is 4.43. The van der Waals surface area contributed by atoms with Crippen molar-refractivity contribution in [3.05, 3.63) is 42.5 Å². The number of ether oxygens (including phenoxy) is 2. The molecule has 1 aromatic carbocycles. The highest BCUT2D eigenvalue weighted by Gasteiger charge is 2.14. The minimum atomic E-state index is -1.48. The molecule has 1 N–H and O–H groups in total. The molecule has 5 nitrogen and oxygen atoms in total. The molecule has 16 heavy (non-hydrogen) atoms. The van der Waals surface area contributed by atoms with E-state index in [0.29, 0.717) is 0 Å². The molecule has 5 heteroatoms. The lowest BCUT2D eigenvalue weighted by atomic mass is 10.2. The summed E-state index contributed by atoms with van der Waals surface area (Å²) in [6.07, 6.45) is -0.0672. The molecule has 0 fully saturated rings. The molecule has 0 aliphatic carbocycles. The SMILES string of the molecule is C=CCOC(=O)c1ccccc1OC(=O)O. The number of para-hydroxylation sites is 1. The van der Waals surface area contributed by atoms with Crippen molar-refractivity contribution in [1.29, 1.82) is 0 Å². The maximum atomic E-state index is 11.5. The van der Waals surface area contributed by atoms with Crippen molar-refractivity contribution in [3.63, 3.8) is 0 Å². The van der Waals surface area contributed by atoms with Crippen LogP contribution in [0.25, 0.3) is 0 Å². The molecule has 0 unspecified atom stereocenters. The average molecular weight is 222 g/mol. The van der Waals surface area contributed by atoms with Crippen molar-refractivity contribution in [2.24, 2.45) is 0 Å². The van der Waals surface area contributed by atoms with Crippen LogP contribution in [0, 0.1) is 0 Å². The molecule has 0 amide bonds. The van der Waals surface area contributed by atoms with Crippen molar-refractivity contribution in [1.82, 2.24) is 0 Å². The molecule has 0 saturated heterocycles. The number of hydrogen-bond acceptors (Lipinski definition) is 4. The predicted octanol–water partition coefficient (Wildman–Crippen LogP) is 2.09. The van der Waals surface area contributed by atoms with Crippen LogP contribution in [-0.2, 0) is 4.74 Å². The third-order valence-electron chi connectivity index (χ3n) is 1.64. The topological polar surface area (TPSA) is 72.8 Å². The second-order valence-corrected chi connectivity index (χ2v) is 2.75. The summed E-state index contributed by atoms with van der Waals surface area (Å²) in [6, 6.07) is 5.93. The Labute approximate surface area is 91.9 Å². The van der Waals surface area contributed by atoms with Gasteiger partial charge in [-0.2, -0.15) is 0 Å². The van der Waals surface area contributed by atoms with Crippen molar-refractivity contribution in [2.45, 2.75) is 0 Å². The van der Waals surface area contributed by atoms with Gasteiger partial charge < -0.3 is 14.6 Å². The van der Waals surface area contributed by atoms with E-state index in [1.165, 1.54) is 18.2 Å². The minimum Gasteiger partial charge on any atom is -0.458 e. The summed E-state index contributed by atoms with van der Waals surface area (Å²) in [6.45, 7) is 3.45. The van der Waals surface area contributed by atoms with Gasteiger partial charge in [0, 0.05) is 0 Å². The Morgan fingerprint density at radius 2 is 2.06 bits per heavy atom. The van der Waals surface area contributed by atoms with Gasteiger partial charge in [-0.05, 0) is 12.1 Å². The maximum absolute atomic E-state index is 11.5. The Morgan fingerprint density at radius 1 is 1.38 bits per heavy atom. The van der Waals surface area contributed by atoms with Crippen LogP contribution in [0.15, 0.2) is 36.9 Å². The van der Waals surface area contributed by atoms with E-state index in [1.807, 2.05) is 0 Å². The maximum Gasteiger partial charge on any atom is 0.511 e. The number of esters is 1. The normalized spacial score (nSPS) is 9.25. The average Bonchev–Trinajstić information content (AvgIpc) is 2.26. The van der Waals surface area contributed by atoms with Gasteiger partial charge in [-0.3, -0.25) is 0 Å². The molecule has 0 spiro atoms. The van der Waals surface area contributed by atoms with E-state index in [1.54, 1.807) is 12.1 Å². The lowest BCUT2D eigenvalue weighted by molar-refractivity contribution is 0.0546. The van der Waals surface area contributed by atoms with Gasteiger partial charge >= 0.3 is 12.1 Å². The molecule has 0 atom stereocenters. The monoisotopic (exact) mass is 222 g/mol. The Morgan fingerprint density at radius 3 is 2.69 bits per heavy atom. The summed E-state index contributed by atoms with van der Waals surface area (Å²) in [5.41, 5.74) is 0.0618. The zero-order valence-electron chi connectivity index (χ0n) is 8.38. The zero-order valence-corrected chi connectivity index (χ0v) is 8.38. The number of rotatable bonds is 4. The lowest BCUT2D eigenvalue weighted by Gasteiger charge is -2.06. The second-order valence-electron chi connectivity index (χ2n) is 2.75. The molecular formula is C11H10O5. The lowest BCUT2D eigenvalue weighted by Crippen LogP contribution is -2.10. The highest BCUT2D eigenvalue weighted by Crippen LogP contribution is 2.18. The van der Waals surface area contributed by atoms with Crippen molar-refractivity contribution >= 4 is 12.1 Å². The summed E-state index contributed by atoms with van der Waals surface area (Å²) < 4.78 is 9.21. The first-order valence-corrected chi connectivity index (χ1v) is 4.43. The van der Waals surface area contributed by atoms with Crippen LogP contribution in [0.1, 0.15) is 10.4 Å². The summed E-state index contributed by atoms with van der Waals surface area (Å²) in [5, 5.41) is 8.46. The number of benzene rings is 1. The standard InChI is InChI=1S/C11H10O5/c1-2-7-15-10(12)8-5-3-4-6-9(8)16-11(13)14/h2-6H,1,7H2,(H,13,14). The van der Waals surface area contributed by atoms with E-state index >= 15 is 0 Å². The van der Waals surface area contributed by atoms with Gasteiger partial charge in [-0.25, -0.2) is 9.59 Å². The minimum absolute atomic E-state index is 0.0518. The fourth-order valence-corrected chi connectivity index (χ4v) is 1.03. The van der Waals surface area contributed by atoms with Crippen LogP contribution >= 0.6 is 0 Å². The fourth-order valence-electron chi connectivity index (χ4n) is 1.03. The Balaban J connectivity index is 2.89. The highest BCUT2D eigenvalue weighted by molar-refractivity contribution is 5.93. The van der Waals surface area contributed by atoms with E-state index in [0.717, 1.165) is 0 Å². The van der Waals surface area contributed by atoms with Crippen LogP contribution in [0.2, 0.25) is 0 Å². The smallest absolute Gasteiger partial charge is 0.458 e. The third-order valence-corrected chi connectivity index (χ3v) is 1.64. The van der Waals surface area contributed by atoms with Gasteiger partial charge in [0.2, 0.25) is 0 Å². The number of carbonyl (C=O) groups is 2. The Hall–Kier alpha value is -2.30. The van der Waals surface area contributed by atoms with Crippen LogP contribution in [0.5, 0.6) is 5.75 Å². The molecular weight excluding hydrogens is 212 g/mol. The molecule has 1 rings (SSSR count). The Bertz CT molecular complexity index is 411. The molecule has 0 saturated carbocycles. The van der Waals surface area contributed by atoms with Crippen LogP contribution in [0.3, 0.4) is 0 Å². The molecule has 0 aliphatic rings. The molecule has 0 aliphatic heterocycles. The summed E-state index contributed by atoms with van der Waals surface area (Å²) in [5.74, 6) is -0.708. The zero-order chi connectivity index (χ0) is 12.0. The summed E-state index contributed by atoms with van der Waals surface area (Å²) in [7, 11) is 0. The second kappa shape index (κ2) is 5.55. The first-order chi connectivity index (χ1) is 7.65. The van der Waals surface area contributed by atoms with Crippen LogP contribution in [-0.4, -0.2) is 23.8 Å². The van der Waals surface area contributed by atoms with Gasteiger partial charge in [-0.1, -0.05) is 24.8 Å². The van der Waals surface area contributed by atoms with E-state index in [2.05, 4.69) is 11.3 Å². The van der Waals surface area contributed by atoms with E-state index in [9.17, 15) is 9.59 Å². The molecule has 0 radical (unpaired) electrons. The van der Waals surface area contributed by atoms with Gasteiger partial charge in [-0.15, -0.1) is 0 Å². The fraction of sp³-hybridized carbons (Fsp3) is 0.0909. The van der Waals surface area contributed by atoms with Crippen molar-refractivity contribution in [2.75, 3.05) is 6.61 Å². The highest BCUT2D eigenvalue weighted by atomic mass is 16.7. The number of carbonyl (C=O) groups excluding carboxylic acids is 1. The van der Waals surface area contributed by atoms with Gasteiger partial charge in [0.15, 0.2) is 0 Å². The van der Waals surface area contributed by atoms with E-state index < -0.39 is 12.1 Å². The third kappa shape index (κ3) is 3.13. The largest absolute Gasteiger partial charge is 0.511 e. The van der Waals surface area contributed by atoms with Gasteiger partial charge in [0.25, 0.3) is 0 Å². The molecule has 0 aromatic heterocycles. The molecule has 84 valence electrons. The van der Waals surface area contributed by atoms with E-state index in [4.69, 9.17) is 9.84 Å². The van der Waals surface area contributed by atoms with E-state index in [-0.39, 0.29) is 17.9 Å². The quantitative estimate of drug-likeness (QED) is 0.479. The van der Waals surface area contributed by atoms with Gasteiger partial charge in [0.1, 0.15) is 17.9 Å². The van der Waals surface area contributed by atoms with Crippen molar-refractivity contribution in [3.8, 4) is 5.75 Å². The summed E-state index contributed by atoms with van der Waals surface area (Å²) in [4.78, 5) is 21.8. The predicted molar refractivity (Wildman–Crippen MR) is 55.6 cm³/mol. The number of carboxylic acid groups (broad SMARTS) is 1. The van der Waals surface area contributed by atoms with Crippen molar-refractivity contribution < 1.29 is 24.2 Å². The Kier molecular flexibility index (Phi) is 4.08. The molecule has 1 aromatic rings. The molecule has 0 heterocycles.